The fourth-order valence-electron chi connectivity index (χ4n) is 4.17. The van der Waals surface area contributed by atoms with E-state index in [1.807, 2.05) is 0 Å². The smallest absolute Gasteiger partial charge is 0.294 e. The molecular formula is C27H32ClN7O16S5. The van der Waals surface area contributed by atoms with Gasteiger partial charge in [-0.1, -0.05) is 6.58 Å². The molecule has 0 fully saturated rings. The third-order valence-corrected chi connectivity index (χ3v) is 10.8. The van der Waals surface area contributed by atoms with Gasteiger partial charge in [-0.2, -0.15) is 32.8 Å². The van der Waals surface area contributed by atoms with Gasteiger partial charge in [-0.3, -0.25) is 22.4 Å². The Balaban J connectivity index is 1.62. The highest BCUT2D eigenvalue weighted by Crippen LogP contribution is 2.55. The number of ether oxygens (including phenoxy) is 1. The zero-order valence-electron chi connectivity index (χ0n) is 28.1. The van der Waals surface area contributed by atoms with Crippen LogP contribution in [0.15, 0.2) is 79.4 Å². The lowest BCUT2D eigenvalue weighted by atomic mass is 10.1. The number of sulfone groups is 1. The maximum atomic E-state index is 12.2. The van der Waals surface area contributed by atoms with E-state index in [0.717, 1.165) is 35.6 Å². The molecule has 1 heterocycles. The Morgan fingerprint density at radius 3 is 2.21 bits per heavy atom. The van der Waals surface area contributed by atoms with Crippen molar-refractivity contribution in [3.05, 3.63) is 59.7 Å². The average Bonchev–Trinajstić information content (AvgIpc) is 3.09. The molecule has 0 atom stereocenters. The molecule has 4 aromatic rings. The molecule has 1 aromatic heterocycles. The number of fused-ring (bicyclic) bond motifs is 1. The molecule has 0 saturated carbocycles. The van der Waals surface area contributed by atoms with Crippen LogP contribution in [0.4, 0.5) is 29.0 Å². The molecular weight excluding hydrogens is 874 g/mol. The number of nitrogens with one attached hydrogen (secondary N) is 2. The van der Waals surface area contributed by atoms with Gasteiger partial charge in [0.2, 0.25) is 28.3 Å². The van der Waals surface area contributed by atoms with Gasteiger partial charge in [0.1, 0.15) is 23.2 Å². The Bertz CT molecular complexity index is 2280. The van der Waals surface area contributed by atoms with Crippen molar-refractivity contribution in [1.82, 2.24) is 15.0 Å². The number of aromatic nitrogens is 3. The van der Waals surface area contributed by atoms with Crippen LogP contribution in [0.5, 0.6) is 5.75 Å². The summed E-state index contributed by atoms with van der Waals surface area (Å²) in [6.07, 6.45) is 0. The van der Waals surface area contributed by atoms with Gasteiger partial charge in [-0.15, -0.1) is 5.11 Å². The maximum absolute atomic E-state index is 12.2. The van der Waals surface area contributed by atoms with Crippen LogP contribution >= 0.6 is 45.7 Å². The molecule has 0 spiro atoms. The van der Waals surface area contributed by atoms with E-state index in [2.05, 4.69) is 46.6 Å². The topological polar surface area (TPSA) is 354 Å². The predicted molar refractivity (Wildman–Crippen MR) is 206 cm³/mol. The van der Waals surface area contributed by atoms with Crippen molar-refractivity contribution in [2.75, 3.05) is 49.4 Å². The quantitative estimate of drug-likeness (QED) is 0.0107. The molecule has 0 aliphatic carbocycles. The summed E-state index contributed by atoms with van der Waals surface area (Å²) in [5.74, 6) is -1.56. The van der Waals surface area contributed by atoms with Crippen molar-refractivity contribution < 1.29 is 72.0 Å². The fraction of sp³-hybridized carbons (Fsp3) is 0.222. The Labute approximate surface area is 330 Å². The number of benzene rings is 3. The second-order valence-electron chi connectivity index (χ2n) is 10.5. The minimum atomic E-state index is -4.94. The van der Waals surface area contributed by atoms with Crippen molar-refractivity contribution >= 4 is 105 Å². The standard InChI is InChI=1S/C27H32ClN7O16S5/c1-2-53(37,38)12-11-48-8-7-29-26-31-25(28)32-27(33-26)30-20-15-19(54(39,40)41)13-16-14-21(55(42,43)44)23(24(36)22(16)20)35-34-17-3-5-18(6-4-17)52-51-49-9-10-50-56(45,46)47/h2-6,13-15,36,42-47H,1,7-12H2,(H,39,40,41)(H2,29,30,31,32,33). The van der Waals surface area contributed by atoms with Gasteiger partial charge in [0.05, 0.1) is 58.8 Å². The highest BCUT2D eigenvalue weighted by atomic mass is 35.5. The van der Waals surface area contributed by atoms with E-state index < -0.39 is 69.8 Å². The van der Waals surface area contributed by atoms with E-state index in [1.165, 1.54) is 24.3 Å². The van der Waals surface area contributed by atoms with Crippen molar-refractivity contribution in [3.63, 3.8) is 0 Å². The van der Waals surface area contributed by atoms with E-state index in [4.69, 9.17) is 39.2 Å². The largest absolute Gasteiger partial charge is 0.505 e. The molecule has 0 radical (unpaired) electrons. The summed E-state index contributed by atoms with van der Waals surface area (Å²) < 4.78 is 129. The lowest BCUT2D eigenvalue weighted by Crippen LogP contribution is -2.16. The number of aromatic hydroxyl groups is 1. The number of nitrogens with zero attached hydrogens (tertiary/aromatic N) is 5. The van der Waals surface area contributed by atoms with Crippen LogP contribution in [0.25, 0.3) is 10.8 Å². The van der Waals surface area contributed by atoms with Crippen molar-refractivity contribution in [2.45, 2.75) is 14.7 Å². The molecule has 0 saturated heterocycles. The lowest BCUT2D eigenvalue weighted by molar-refractivity contribution is -0.195. The number of anilines is 3. The van der Waals surface area contributed by atoms with Crippen LogP contribution < -0.4 is 10.6 Å². The number of hydrogen-bond donors (Lipinski definition) is 10. The summed E-state index contributed by atoms with van der Waals surface area (Å²) in [5, 5.41) is 24.8. The molecule has 308 valence electrons. The van der Waals surface area contributed by atoms with Gasteiger partial charge in [-0.05, 0) is 59.5 Å². The fourth-order valence-corrected chi connectivity index (χ4v) is 6.80. The summed E-state index contributed by atoms with van der Waals surface area (Å²) in [6.45, 7) is 2.54. The minimum Gasteiger partial charge on any atom is -0.505 e. The molecule has 56 heavy (non-hydrogen) atoms. The van der Waals surface area contributed by atoms with Crippen LogP contribution in [0, 0.1) is 0 Å². The van der Waals surface area contributed by atoms with Crippen LogP contribution in [0.2, 0.25) is 5.28 Å². The number of azo groups is 1. The molecule has 0 aliphatic heterocycles. The third kappa shape index (κ3) is 13.8. The van der Waals surface area contributed by atoms with Gasteiger partial charge in [0.15, 0.2) is 15.6 Å². The summed E-state index contributed by atoms with van der Waals surface area (Å²) in [7, 11) is -13.1. The van der Waals surface area contributed by atoms with Crippen LogP contribution in [-0.2, 0) is 38.1 Å². The first-order chi connectivity index (χ1) is 26.1. The highest BCUT2D eigenvalue weighted by molar-refractivity contribution is 8.19. The number of rotatable bonds is 21. The van der Waals surface area contributed by atoms with E-state index in [0.29, 0.717) is 4.90 Å². The normalized spacial score (nSPS) is 13.3. The molecule has 10 N–H and O–H groups in total. The Morgan fingerprint density at radius 2 is 1.57 bits per heavy atom. The SMILES string of the molecule is C=CS(=O)(=O)CCOCCNc1nc(Cl)nc(Nc2cc(S(=O)(=O)O)cc3cc(S(O)(O)O)c(N=Nc4ccc(SOOCCOS(O)(O)O)cc4)c(O)c23)n1. The zero-order valence-corrected chi connectivity index (χ0v) is 32.9. The maximum Gasteiger partial charge on any atom is 0.294 e. The molecule has 0 bridgehead atoms. The molecule has 0 aliphatic rings. The van der Waals surface area contributed by atoms with Crippen LogP contribution in [-0.4, -0.2) is 107 Å². The molecule has 3 aromatic carbocycles. The van der Waals surface area contributed by atoms with Crippen molar-refractivity contribution in [3.8, 4) is 5.75 Å². The third-order valence-electron chi connectivity index (χ3n) is 6.56. The Kier molecular flexibility index (Phi) is 15.6. The van der Waals surface area contributed by atoms with E-state index in [9.17, 15) is 40.2 Å². The van der Waals surface area contributed by atoms with Gasteiger partial charge in [0.25, 0.3) is 10.1 Å². The van der Waals surface area contributed by atoms with Gasteiger partial charge >= 0.3 is 0 Å². The first-order valence-electron chi connectivity index (χ1n) is 15.0. The molecule has 0 unspecified atom stereocenters. The highest BCUT2D eigenvalue weighted by Gasteiger charge is 2.28. The average molecular weight is 906 g/mol. The molecule has 0 amide bonds. The molecule has 29 heteroatoms. The van der Waals surface area contributed by atoms with E-state index in [1.54, 1.807) is 0 Å². The lowest BCUT2D eigenvalue weighted by Gasteiger charge is -2.23. The van der Waals surface area contributed by atoms with Crippen LogP contribution in [0.1, 0.15) is 0 Å². The monoisotopic (exact) mass is 905 g/mol. The first-order valence-corrected chi connectivity index (χ1v) is 22.2. The number of phenols is 1. The summed E-state index contributed by atoms with van der Waals surface area (Å²) in [6, 6.07) is 8.50. The summed E-state index contributed by atoms with van der Waals surface area (Å²) in [4.78, 5) is 15.7. The predicted octanol–water partition coefficient (Wildman–Crippen LogP) is 6.47. The second-order valence-corrected chi connectivity index (χ2v) is 17.8. The second kappa shape index (κ2) is 19.3. The van der Waals surface area contributed by atoms with E-state index in [-0.39, 0.29) is 71.4 Å². The first kappa shape index (κ1) is 45.2. The van der Waals surface area contributed by atoms with Crippen LogP contribution in [0.3, 0.4) is 0 Å². The summed E-state index contributed by atoms with van der Waals surface area (Å²) >= 11 is 2.68. The van der Waals surface area contributed by atoms with Gasteiger partial charge in [0, 0.05) is 22.2 Å². The zero-order chi connectivity index (χ0) is 41.3. The van der Waals surface area contributed by atoms with Gasteiger partial charge in [-0.25, -0.2) is 13.3 Å². The van der Waals surface area contributed by atoms with Crippen molar-refractivity contribution in [1.29, 1.82) is 0 Å². The molecule has 23 nitrogen and oxygen atoms in total. The van der Waals surface area contributed by atoms with Crippen molar-refractivity contribution in [2.24, 2.45) is 10.2 Å². The Morgan fingerprint density at radius 1 is 0.875 bits per heavy atom. The molecule has 4 rings (SSSR count). The van der Waals surface area contributed by atoms with E-state index >= 15 is 0 Å². The number of hydrogen-bond acceptors (Lipinski definition) is 23. The minimum absolute atomic E-state index is 0.0211. The number of halogens is 1. The number of phenolic OH excluding ortho intramolecular Hbond substituents is 1. The Hall–Kier alpha value is -3.53. The van der Waals surface area contributed by atoms with Gasteiger partial charge < -0.3 is 34.1 Å². The summed E-state index contributed by atoms with van der Waals surface area (Å²) in [5.41, 5.74) is -0.801.